The van der Waals surface area contributed by atoms with Gasteiger partial charge in [0, 0.05) is 6.54 Å². The summed E-state index contributed by atoms with van der Waals surface area (Å²) in [5.74, 6) is -1.04. The predicted molar refractivity (Wildman–Crippen MR) is 64.7 cm³/mol. The van der Waals surface area contributed by atoms with E-state index in [4.69, 9.17) is 5.11 Å². The fourth-order valence-corrected chi connectivity index (χ4v) is 2.76. The quantitative estimate of drug-likeness (QED) is 0.775. The highest BCUT2D eigenvalue weighted by Crippen LogP contribution is 2.12. The predicted octanol–water partition coefficient (Wildman–Crippen LogP) is 0.466. The Morgan fingerprint density at radius 3 is 2.78 bits per heavy atom. The molecular weight excluding hydrogens is 258 g/mol. The molecule has 0 aliphatic carbocycles. The number of hydrogen-bond acceptors (Lipinski definition) is 5. The summed E-state index contributed by atoms with van der Waals surface area (Å²) in [4.78, 5) is 14.4. The van der Waals surface area contributed by atoms with E-state index in [1.165, 1.54) is 17.9 Å². The first-order valence-electron chi connectivity index (χ1n) is 5.67. The lowest BCUT2D eigenvalue weighted by Gasteiger charge is -2.10. The molecule has 1 unspecified atom stereocenters. The Balaban J connectivity index is 2.82. The molecule has 0 aromatic carbocycles. The summed E-state index contributed by atoms with van der Waals surface area (Å²) in [6.45, 7) is 3.94. The standard InChI is InChI=1S/C10H17N3O4S/c1-3-4-13-9(11-7-12-13)6-18(16,17)8(2)5-10(14)15/h7-8H,3-6H2,1-2H3,(H,14,15). The van der Waals surface area contributed by atoms with Crippen molar-refractivity contribution in [3.8, 4) is 0 Å². The first-order valence-corrected chi connectivity index (χ1v) is 7.38. The number of aliphatic carboxylic acids is 1. The van der Waals surface area contributed by atoms with Crippen molar-refractivity contribution < 1.29 is 18.3 Å². The van der Waals surface area contributed by atoms with E-state index in [1.807, 2.05) is 6.92 Å². The molecule has 1 aromatic rings. The minimum absolute atomic E-state index is 0.276. The van der Waals surface area contributed by atoms with Crippen LogP contribution < -0.4 is 0 Å². The molecule has 0 spiro atoms. The number of aryl methyl sites for hydroxylation is 1. The number of rotatable bonds is 7. The van der Waals surface area contributed by atoms with Gasteiger partial charge in [0.1, 0.15) is 17.9 Å². The summed E-state index contributed by atoms with van der Waals surface area (Å²) in [5.41, 5.74) is 0. The fourth-order valence-electron chi connectivity index (χ4n) is 1.49. The summed E-state index contributed by atoms with van der Waals surface area (Å²) in [6.07, 6.45) is 1.73. The second kappa shape index (κ2) is 5.94. The van der Waals surface area contributed by atoms with Crippen LogP contribution in [-0.4, -0.2) is 39.5 Å². The maximum Gasteiger partial charge on any atom is 0.304 e. The molecule has 0 amide bonds. The van der Waals surface area contributed by atoms with Crippen LogP contribution in [0.15, 0.2) is 6.33 Å². The average Bonchev–Trinajstić information content (AvgIpc) is 2.64. The molecule has 1 N–H and O–H groups in total. The Kier molecular flexibility index (Phi) is 4.83. The van der Waals surface area contributed by atoms with Crippen LogP contribution in [0, 0.1) is 0 Å². The molecule has 18 heavy (non-hydrogen) atoms. The van der Waals surface area contributed by atoms with Crippen LogP contribution in [0.5, 0.6) is 0 Å². The molecule has 1 atom stereocenters. The van der Waals surface area contributed by atoms with Crippen molar-refractivity contribution >= 4 is 15.8 Å². The van der Waals surface area contributed by atoms with Crippen LogP contribution >= 0.6 is 0 Å². The molecule has 8 heteroatoms. The number of hydrogen-bond donors (Lipinski definition) is 1. The third-order valence-electron chi connectivity index (χ3n) is 2.54. The van der Waals surface area contributed by atoms with E-state index >= 15 is 0 Å². The number of sulfone groups is 1. The number of carboxylic acid groups (broad SMARTS) is 1. The maximum absolute atomic E-state index is 11.9. The van der Waals surface area contributed by atoms with Crippen molar-refractivity contribution in [2.24, 2.45) is 0 Å². The lowest BCUT2D eigenvalue weighted by Crippen LogP contribution is -2.24. The number of nitrogens with zero attached hydrogens (tertiary/aromatic N) is 3. The Labute approximate surface area is 106 Å². The minimum atomic E-state index is -3.52. The van der Waals surface area contributed by atoms with E-state index in [2.05, 4.69) is 10.1 Å². The molecule has 0 aliphatic rings. The molecule has 0 saturated heterocycles. The van der Waals surface area contributed by atoms with E-state index in [0.717, 1.165) is 6.42 Å². The van der Waals surface area contributed by atoms with Gasteiger partial charge >= 0.3 is 5.97 Å². The van der Waals surface area contributed by atoms with E-state index in [1.54, 1.807) is 0 Å². The number of carboxylic acids is 1. The van der Waals surface area contributed by atoms with Crippen molar-refractivity contribution in [1.29, 1.82) is 0 Å². The second-order valence-electron chi connectivity index (χ2n) is 4.12. The Morgan fingerprint density at radius 2 is 2.22 bits per heavy atom. The third-order valence-corrected chi connectivity index (χ3v) is 4.59. The summed E-state index contributed by atoms with van der Waals surface area (Å²) in [6, 6.07) is 0. The van der Waals surface area contributed by atoms with Gasteiger partial charge in [-0.1, -0.05) is 6.92 Å². The van der Waals surface area contributed by atoms with E-state index < -0.39 is 27.5 Å². The van der Waals surface area contributed by atoms with Gasteiger partial charge in [0.25, 0.3) is 0 Å². The molecule has 0 saturated carbocycles. The van der Waals surface area contributed by atoms with Crippen LogP contribution in [0.2, 0.25) is 0 Å². The first kappa shape index (κ1) is 14.6. The summed E-state index contributed by atoms with van der Waals surface area (Å²) >= 11 is 0. The highest BCUT2D eigenvalue weighted by Gasteiger charge is 2.25. The average molecular weight is 275 g/mol. The minimum Gasteiger partial charge on any atom is -0.481 e. The Hall–Kier alpha value is -1.44. The van der Waals surface area contributed by atoms with Crippen LogP contribution in [0.3, 0.4) is 0 Å². The molecule has 1 aromatic heterocycles. The number of aromatic nitrogens is 3. The van der Waals surface area contributed by atoms with E-state index in [0.29, 0.717) is 12.4 Å². The van der Waals surface area contributed by atoms with Crippen LogP contribution in [0.4, 0.5) is 0 Å². The Bertz CT molecular complexity index is 509. The largest absolute Gasteiger partial charge is 0.481 e. The van der Waals surface area contributed by atoms with Crippen molar-refractivity contribution in [3.63, 3.8) is 0 Å². The van der Waals surface area contributed by atoms with Gasteiger partial charge in [-0.2, -0.15) is 5.10 Å². The molecular formula is C10H17N3O4S. The summed E-state index contributed by atoms with van der Waals surface area (Å²) < 4.78 is 25.4. The van der Waals surface area contributed by atoms with Crippen molar-refractivity contribution in [3.05, 3.63) is 12.2 Å². The second-order valence-corrected chi connectivity index (χ2v) is 6.53. The zero-order valence-electron chi connectivity index (χ0n) is 10.4. The zero-order valence-corrected chi connectivity index (χ0v) is 11.2. The highest BCUT2D eigenvalue weighted by atomic mass is 32.2. The smallest absolute Gasteiger partial charge is 0.304 e. The molecule has 0 bridgehead atoms. The van der Waals surface area contributed by atoms with Gasteiger partial charge in [-0.3, -0.25) is 4.79 Å². The Morgan fingerprint density at radius 1 is 1.56 bits per heavy atom. The monoisotopic (exact) mass is 275 g/mol. The lowest BCUT2D eigenvalue weighted by atomic mass is 10.3. The molecule has 0 radical (unpaired) electrons. The van der Waals surface area contributed by atoms with Gasteiger partial charge in [0.05, 0.1) is 11.7 Å². The normalized spacial score (nSPS) is 13.4. The molecule has 0 fully saturated rings. The molecule has 0 aliphatic heterocycles. The molecule has 1 rings (SSSR count). The lowest BCUT2D eigenvalue weighted by molar-refractivity contribution is -0.136. The summed E-state index contributed by atoms with van der Waals surface area (Å²) in [7, 11) is -3.52. The van der Waals surface area contributed by atoms with Gasteiger partial charge in [-0.25, -0.2) is 18.1 Å². The van der Waals surface area contributed by atoms with Crippen molar-refractivity contribution in [2.45, 2.75) is 44.2 Å². The van der Waals surface area contributed by atoms with Crippen LogP contribution in [-0.2, 0) is 26.9 Å². The van der Waals surface area contributed by atoms with Gasteiger partial charge in [0.2, 0.25) is 0 Å². The number of carbonyl (C=O) groups is 1. The molecule has 1 heterocycles. The fraction of sp³-hybridized carbons (Fsp3) is 0.700. The van der Waals surface area contributed by atoms with Gasteiger partial charge in [0.15, 0.2) is 9.84 Å². The zero-order chi connectivity index (χ0) is 13.8. The first-order chi connectivity index (χ1) is 8.36. The van der Waals surface area contributed by atoms with E-state index in [-0.39, 0.29) is 5.75 Å². The third kappa shape index (κ3) is 3.80. The maximum atomic E-state index is 11.9. The molecule has 7 nitrogen and oxygen atoms in total. The molecule has 102 valence electrons. The summed E-state index contributed by atoms with van der Waals surface area (Å²) in [5, 5.41) is 11.6. The topological polar surface area (TPSA) is 102 Å². The highest BCUT2D eigenvalue weighted by molar-refractivity contribution is 7.91. The SMILES string of the molecule is CCCn1ncnc1CS(=O)(=O)C(C)CC(=O)O. The van der Waals surface area contributed by atoms with Gasteiger partial charge < -0.3 is 5.11 Å². The van der Waals surface area contributed by atoms with Crippen LogP contribution in [0.1, 0.15) is 32.5 Å². The van der Waals surface area contributed by atoms with Crippen LogP contribution in [0.25, 0.3) is 0 Å². The van der Waals surface area contributed by atoms with Gasteiger partial charge in [-0.15, -0.1) is 0 Å². The van der Waals surface area contributed by atoms with Gasteiger partial charge in [-0.05, 0) is 13.3 Å². The van der Waals surface area contributed by atoms with Crippen molar-refractivity contribution in [2.75, 3.05) is 0 Å². The van der Waals surface area contributed by atoms with Crippen molar-refractivity contribution in [1.82, 2.24) is 14.8 Å². The van der Waals surface area contributed by atoms with E-state index in [9.17, 15) is 13.2 Å².